The maximum atomic E-state index is 12.6. The van der Waals surface area contributed by atoms with Gasteiger partial charge in [0.2, 0.25) is 11.9 Å². The third kappa shape index (κ3) is 11.0. The molecule has 202 valence electrons. The molecule has 1 atom stereocenters. The van der Waals surface area contributed by atoms with E-state index in [0.29, 0.717) is 23.1 Å². The van der Waals surface area contributed by atoms with E-state index in [9.17, 15) is 14.4 Å². The van der Waals surface area contributed by atoms with Crippen molar-refractivity contribution in [3.05, 3.63) is 30.0 Å². The molecule has 2 amide bonds. The van der Waals surface area contributed by atoms with Crippen molar-refractivity contribution in [1.82, 2.24) is 10.2 Å². The van der Waals surface area contributed by atoms with Crippen LogP contribution in [0.1, 0.15) is 59.6 Å². The first kappa shape index (κ1) is 31.6. The fourth-order valence-electron chi connectivity index (χ4n) is 3.20. The summed E-state index contributed by atoms with van der Waals surface area (Å²) in [5.74, 6) is 1.54. The van der Waals surface area contributed by atoms with E-state index < -0.39 is 23.6 Å². The van der Waals surface area contributed by atoms with Crippen LogP contribution in [0.2, 0.25) is 0 Å². The lowest BCUT2D eigenvalue weighted by Crippen LogP contribution is -2.51. The second-order valence-electron chi connectivity index (χ2n) is 9.34. The number of carbonyl (C=O) groups is 3. The number of nitrogens with one attached hydrogen (secondary N) is 1. The predicted octanol–water partition coefficient (Wildman–Crippen LogP) is 5.13. The number of fused-ring (bicyclic) bond motifs is 1. The molecule has 0 unspecified atom stereocenters. The second-order valence-corrected chi connectivity index (χ2v) is 10.3. The molecule has 0 bridgehead atoms. The largest absolute Gasteiger partial charge is 0.461 e. The minimum Gasteiger partial charge on any atom is -0.461 e. The summed E-state index contributed by atoms with van der Waals surface area (Å²) in [5.41, 5.74) is 6.62. The van der Waals surface area contributed by atoms with Crippen molar-refractivity contribution in [3.8, 4) is 12.8 Å². The molecule has 0 saturated carbocycles. The minimum atomic E-state index is -0.660. The standard InChI is InChI=1S/C19H24N4O4S.C6H12O.C2H2/c1-11-7-12-8-13(5-6-15(12)26-11)21-17(20)22-16(24)14-9-28-10-23(14)18(25)27-19(2,3)4;1-3-4-5-6(2)7;1-2/h5-8,14H,9-10H2,1-4H3,(H3,20,21,22,24);3-5H2,1-2H3;1-2H/t14-;;/m0../s1. The Morgan fingerprint density at radius 3 is 2.51 bits per heavy atom. The summed E-state index contributed by atoms with van der Waals surface area (Å²) in [6.45, 7) is 10.9. The van der Waals surface area contributed by atoms with Gasteiger partial charge in [-0.05, 0) is 65.3 Å². The first-order valence-electron chi connectivity index (χ1n) is 11.9. The fraction of sp³-hybridized carbons (Fsp3) is 0.481. The smallest absolute Gasteiger partial charge is 0.411 e. The van der Waals surface area contributed by atoms with E-state index in [0.717, 1.165) is 36.0 Å². The molecule has 2 aromatic rings. The summed E-state index contributed by atoms with van der Waals surface area (Å²) < 4.78 is 10.9. The number of rotatable bonds is 5. The Balaban J connectivity index is 0.000000659. The summed E-state index contributed by atoms with van der Waals surface area (Å²) >= 11 is 1.48. The molecule has 0 aliphatic carbocycles. The SMILES string of the molecule is C#C.CCCCC(C)=O.Cc1cc2cc(N=C(N)NC(=O)[C@@H]3CSCN3C(=O)OC(C)(C)C)ccc2o1. The maximum absolute atomic E-state index is 12.6. The van der Waals surface area contributed by atoms with Crippen molar-refractivity contribution in [2.24, 2.45) is 10.7 Å². The number of nitrogens with two attached hydrogens (primary N) is 1. The van der Waals surface area contributed by atoms with Gasteiger partial charge < -0.3 is 19.7 Å². The molecule has 0 spiro atoms. The van der Waals surface area contributed by atoms with Gasteiger partial charge in [-0.1, -0.05) is 13.3 Å². The van der Waals surface area contributed by atoms with Crippen LogP contribution in [0.3, 0.4) is 0 Å². The number of nitrogens with zero attached hydrogens (tertiary/aromatic N) is 2. The Labute approximate surface area is 223 Å². The number of aryl methyl sites for hydroxylation is 1. The van der Waals surface area contributed by atoms with Crippen molar-refractivity contribution in [1.29, 1.82) is 0 Å². The number of furan rings is 1. The molecule has 9 nitrogen and oxygen atoms in total. The molecular formula is C27H38N4O5S. The number of unbranched alkanes of at least 4 members (excludes halogenated alkanes) is 1. The average Bonchev–Trinajstić information content (AvgIpc) is 3.44. The van der Waals surface area contributed by atoms with Crippen LogP contribution < -0.4 is 11.1 Å². The fourth-order valence-corrected chi connectivity index (χ4v) is 4.34. The van der Waals surface area contributed by atoms with Gasteiger partial charge >= 0.3 is 6.09 Å². The highest BCUT2D eigenvalue weighted by Gasteiger charge is 2.37. The van der Waals surface area contributed by atoms with Gasteiger partial charge in [0.15, 0.2) is 0 Å². The zero-order valence-corrected chi connectivity index (χ0v) is 23.3. The topological polar surface area (TPSA) is 127 Å². The summed E-state index contributed by atoms with van der Waals surface area (Å²) in [7, 11) is 0. The van der Waals surface area contributed by atoms with Gasteiger partial charge in [0, 0.05) is 17.6 Å². The van der Waals surface area contributed by atoms with Crippen molar-refractivity contribution in [3.63, 3.8) is 0 Å². The number of ketones is 1. The second kappa shape index (κ2) is 15.0. The zero-order valence-electron chi connectivity index (χ0n) is 22.5. The molecule has 3 rings (SSSR count). The molecule has 3 N–H and O–H groups in total. The molecule has 37 heavy (non-hydrogen) atoms. The van der Waals surface area contributed by atoms with Crippen molar-refractivity contribution in [2.75, 3.05) is 11.6 Å². The molecule has 2 heterocycles. The lowest BCUT2D eigenvalue weighted by atomic mass is 10.2. The van der Waals surface area contributed by atoms with Gasteiger partial charge in [-0.25, -0.2) is 9.79 Å². The van der Waals surface area contributed by atoms with Gasteiger partial charge in [-0.15, -0.1) is 24.6 Å². The first-order chi connectivity index (χ1) is 17.4. The number of guanidine groups is 1. The number of carbonyl (C=O) groups excluding carboxylic acids is 3. The van der Waals surface area contributed by atoms with E-state index in [-0.39, 0.29) is 5.96 Å². The zero-order chi connectivity index (χ0) is 28.2. The van der Waals surface area contributed by atoms with E-state index in [4.69, 9.17) is 14.9 Å². The lowest BCUT2D eigenvalue weighted by molar-refractivity contribution is -0.123. The van der Waals surface area contributed by atoms with E-state index in [2.05, 4.69) is 30.1 Å². The number of terminal acetylenes is 1. The van der Waals surface area contributed by atoms with Crippen molar-refractivity contribution < 1.29 is 23.5 Å². The Kier molecular flexibility index (Phi) is 12.8. The minimum absolute atomic E-state index is 0.0365. The van der Waals surface area contributed by atoms with Crippen molar-refractivity contribution >= 4 is 52.2 Å². The van der Waals surface area contributed by atoms with Gasteiger partial charge in [0.25, 0.3) is 0 Å². The molecule has 10 heteroatoms. The Morgan fingerprint density at radius 2 is 1.95 bits per heavy atom. The van der Waals surface area contributed by atoms with Gasteiger partial charge in [-0.3, -0.25) is 15.0 Å². The normalized spacial score (nSPS) is 15.2. The Bertz CT molecular complexity index is 1120. The van der Waals surface area contributed by atoms with Crippen LogP contribution in [0.5, 0.6) is 0 Å². The highest BCUT2D eigenvalue weighted by molar-refractivity contribution is 7.99. The van der Waals surface area contributed by atoms with E-state index >= 15 is 0 Å². The highest BCUT2D eigenvalue weighted by Crippen LogP contribution is 2.25. The molecule has 1 saturated heterocycles. The molecule has 1 aromatic carbocycles. The summed E-state index contributed by atoms with van der Waals surface area (Å²) in [5, 5.41) is 3.48. The summed E-state index contributed by atoms with van der Waals surface area (Å²) in [6, 6.07) is 6.62. The number of benzene rings is 1. The number of Topliss-reactive ketones (excluding diaryl/α,β-unsaturated/α-hetero) is 1. The van der Waals surface area contributed by atoms with Crippen LogP contribution in [0.15, 0.2) is 33.7 Å². The number of thioether (sulfide) groups is 1. The maximum Gasteiger partial charge on any atom is 0.411 e. The third-order valence-electron chi connectivity index (χ3n) is 4.82. The van der Waals surface area contributed by atoms with Crippen LogP contribution in [-0.2, 0) is 14.3 Å². The highest BCUT2D eigenvalue weighted by atomic mass is 32.2. The molecule has 1 aliphatic rings. The van der Waals surface area contributed by atoms with Crippen LogP contribution in [0.25, 0.3) is 11.0 Å². The number of hydrogen-bond acceptors (Lipinski definition) is 7. The van der Waals surface area contributed by atoms with E-state index in [1.165, 1.54) is 16.7 Å². The average molecular weight is 531 g/mol. The Morgan fingerprint density at radius 1 is 1.27 bits per heavy atom. The lowest BCUT2D eigenvalue weighted by Gasteiger charge is -2.27. The van der Waals surface area contributed by atoms with Gasteiger partial charge in [0.05, 0.1) is 11.6 Å². The molecule has 1 aromatic heterocycles. The summed E-state index contributed by atoms with van der Waals surface area (Å²) in [6.07, 6.45) is 10.4. The van der Waals surface area contributed by atoms with Crippen LogP contribution in [0.4, 0.5) is 10.5 Å². The first-order valence-corrected chi connectivity index (χ1v) is 13.1. The van der Waals surface area contributed by atoms with Crippen LogP contribution in [0, 0.1) is 19.8 Å². The van der Waals surface area contributed by atoms with Gasteiger partial charge in [-0.2, -0.15) is 0 Å². The number of amides is 2. The molecular weight excluding hydrogens is 492 g/mol. The molecule has 1 fully saturated rings. The third-order valence-corrected chi connectivity index (χ3v) is 5.83. The quantitative estimate of drug-likeness (QED) is 0.312. The number of ether oxygens (including phenoxy) is 1. The Hall–Kier alpha value is -3.45. The van der Waals surface area contributed by atoms with Crippen molar-refractivity contribution in [2.45, 2.75) is 72.4 Å². The van der Waals surface area contributed by atoms with E-state index in [1.54, 1.807) is 39.8 Å². The van der Waals surface area contributed by atoms with Gasteiger partial charge in [0.1, 0.15) is 28.8 Å². The van der Waals surface area contributed by atoms with Crippen LogP contribution in [-0.4, -0.2) is 51.9 Å². The molecule has 0 radical (unpaired) electrons. The number of aliphatic imine (C=N–C) groups is 1. The monoisotopic (exact) mass is 530 g/mol. The van der Waals surface area contributed by atoms with Crippen LogP contribution >= 0.6 is 11.8 Å². The number of hydrogen-bond donors (Lipinski definition) is 2. The van der Waals surface area contributed by atoms with E-state index in [1.807, 2.05) is 19.1 Å². The molecule has 1 aliphatic heterocycles. The summed E-state index contributed by atoms with van der Waals surface area (Å²) in [4.78, 5) is 40.8. The predicted molar refractivity (Wildman–Crippen MR) is 150 cm³/mol.